The van der Waals surface area contributed by atoms with Crippen molar-refractivity contribution in [1.29, 1.82) is 0 Å². The van der Waals surface area contributed by atoms with E-state index in [1.54, 1.807) is 0 Å². The van der Waals surface area contributed by atoms with E-state index in [9.17, 15) is 4.39 Å². The molecule has 0 bridgehead atoms. The Morgan fingerprint density at radius 3 is 2.50 bits per heavy atom. The first-order valence-corrected chi connectivity index (χ1v) is 7.12. The van der Waals surface area contributed by atoms with E-state index >= 15 is 0 Å². The average molecular weight is 298 g/mol. The van der Waals surface area contributed by atoms with Crippen LogP contribution in [0.3, 0.4) is 0 Å². The van der Waals surface area contributed by atoms with Gasteiger partial charge in [-0.3, -0.25) is 0 Å². The molecule has 1 atom stereocenters. The fraction of sp³-hybridized carbons (Fsp3) is 0.400. The molecule has 0 aliphatic heterocycles. The fourth-order valence-corrected chi connectivity index (χ4v) is 2.04. The third-order valence-corrected chi connectivity index (χ3v) is 2.72. The van der Waals surface area contributed by atoms with Gasteiger partial charge in [-0.1, -0.05) is 11.6 Å². The Hall–Kier alpha value is -0.490. The highest BCUT2D eigenvalue weighted by Gasteiger charge is 2.19. The van der Waals surface area contributed by atoms with Crippen LogP contribution in [0.25, 0.3) is 0 Å². The molecule has 1 aliphatic rings. The van der Waals surface area contributed by atoms with Crippen LogP contribution >= 0.6 is 19.4 Å². The highest BCUT2D eigenvalue weighted by atomic mass is 35.5. The molecule has 1 unspecified atom stereocenters. The van der Waals surface area contributed by atoms with Crippen LogP contribution in [0.5, 0.6) is 0 Å². The van der Waals surface area contributed by atoms with E-state index in [1.165, 1.54) is 6.07 Å². The lowest BCUT2D eigenvalue weighted by Gasteiger charge is -2.21. The summed E-state index contributed by atoms with van der Waals surface area (Å²) in [6.45, 7) is 0. The van der Waals surface area contributed by atoms with Gasteiger partial charge in [0.2, 0.25) is 0 Å². The molecule has 1 aromatic carbocycles. The van der Waals surface area contributed by atoms with E-state index in [1.807, 2.05) is 6.07 Å². The van der Waals surface area contributed by atoms with Gasteiger partial charge in [0.25, 0.3) is 0 Å². The molecule has 0 saturated carbocycles. The normalized spacial score (nSPS) is 18.7. The molecule has 0 radical (unpaired) electrons. The van der Waals surface area contributed by atoms with Crippen molar-refractivity contribution < 1.29 is 23.6 Å². The molecule has 102 valence electrons. The van der Waals surface area contributed by atoms with Gasteiger partial charge in [-0.15, -0.1) is 0 Å². The van der Waals surface area contributed by atoms with Gasteiger partial charge in [-0.25, -0.2) is 8.96 Å². The number of hydrogen-bond acceptors (Lipinski definition) is 2. The summed E-state index contributed by atoms with van der Waals surface area (Å²) in [4.78, 5) is 21.6. The van der Waals surface area contributed by atoms with Crippen molar-refractivity contribution in [2.75, 3.05) is 0 Å². The number of phosphoric acid groups is 1. The van der Waals surface area contributed by atoms with E-state index in [0.717, 1.165) is 24.0 Å². The molecule has 5 N–H and O–H groups in total. The second kappa shape index (κ2) is 6.10. The van der Waals surface area contributed by atoms with Gasteiger partial charge in [0.15, 0.2) is 0 Å². The van der Waals surface area contributed by atoms with Crippen molar-refractivity contribution >= 4 is 19.4 Å². The van der Waals surface area contributed by atoms with Crippen LogP contribution in [-0.2, 0) is 17.4 Å². The molecule has 0 spiro atoms. The van der Waals surface area contributed by atoms with Crippen LogP contribution in [0.2, 0.25) is 5.02 Å². The summed E-state index contributed by atoms with van der Waals surface area (Å²) in [5, 5.41) is 0.478. The highest BCUT2D eigenvalue weighted by molar-refractivity contribution is 7.45. The maximum absolute atomic E-state index is 13.4. The zero-order valence-corrected chi connectivity index (χ0v) is 11.0. The lowest BCUT2D eigenvalue weighted by molar-refractivity contribution is 0.275. The molecule has 1 aliphatic carbocycles. The third kappa shape index (κ3) is 5.44. The van der Waals surface area contributed by atoms with Crippen LogP contribution in [-0.4, -0.2) is 20.7 Å². The first-order chi connectivity index (χ1) is 8.16. The average Bonchev–Trinajstić information content (AvgIpc) is 2.16. The highest BCUT2D eigenvalue weighted by Crippen LogP contribution is 2.26. The summed E-state index contributed by atoms with van der Waals surface area (Å²) in [5.41, 5.74) is 7.53. The Balaban J connectivity index is 0.000000280. The van der Waals surface area contributed by atoms with E-state index in [2.05, 4.69) is 0 Å². The van der Waals surface area contributed by atoms with Crippen LogP contribution in [0.1, 0.15) is 17.5 Å². The first kappa shape index (κ1) is 15.6. The van der Waals surface area contributed by atoms with Gasteiger partial charge in [-0.05, 0) is 42.5 Å². The van der Waals surface area contributed by atoms with E-state index in [0.29, 0.717) is 11.4 Å². The molecular weight excluding hydrogens is 284 g/mol. The van der Waals surface area contributed by atoms with Gasteiger partial charge in [0, 0.05) is 11.1 Å². The minimum absolute atomic E-state index is 0.100. The molecule has 8 heteroatoms. The summed E-state index contributed by atoms with van der Waals surface area (Å²) in [5.74, 6) is -0.211. The smallest absolute Gasteiger partial charge is 0.327 e. The van der Waals surface area contributed by atoms with Gasteiger partial charge >= 0.3 is 7.82 Å². The number of nitrogens with two attached hydrogens (primary N) is 1. The fourth-order valence-electron chi connectivity index (χ4n) is 1.81. The van der Waals surface area contributed by atoms with Gasteiger partial charge in [-0.2, -0.15) is 0 Å². The predicted molar refractivity (Wildman–Crippen MR) is 65.7 cm³/mol. The summed E-state index contributed by atoms with van der Waals surface area (Å²) in [6.07, 6.45) is 2.40. The number of aryl methyl sites for hydroxylation is 1. The Morgan fingerprint density at radius 1 is 1.39 bits per heavy atom. The summed E-state index contributed by atoms with van der Waals surface area (Å²) < 4.78 is 22.2. The zero-order valence-electron chi connectivity index (χ0n) is 9.38. The standard InChI is InChI=1S/C10H11ClFN.H3O4P/c11-7-3-6-1-2-8(13)5-9(6)10(12)4-7;1-5(2,3)4/h3-4,8H,1-2,5,13H2;(H3,1,2,3,4). The molecule has 0 fully saturated rings. The molecule has 0 amide bonds. The SMILES string of the molecule is NC1CCc2cc(Cl)cc(F)c2C1.O=P(O)(O)O. The van der Waals surface area contributed by atoms with Crippen LogP contribution in [0, 0.1) is 5.82 Å². The second-order valence-electron chi connectivity index (χ2n) is 4.04. The van der Waals surface area contributed by atoms with Crippen molar-refractivity contribution in [1.82, 2.24) is 0 Å². The zero-order chi connectivity index (χ0) is 13.9. The van der Waals surface area contributed by atoms with Crippen LogP contribution in [0.15, 0.2) is 12.1 Å². The number of benzene rings is 1. The van der Waals surface area contributed by atoms with Crippen molar-refractivity contribution in [3.05, 3.63) is 34.1 Å². The van der Waals surface area contributed by atoms with E-state index in [-0.39, 0.29) is 11.9 Å². The lowest BCUT2D eigenvalue weighted by atomic mass is 9.88. The Morgan fingerprint density at radius 2 is 1.94 bits per heavy atom. The van der Waals surface area contributed by atoms with Gasteiger partial charge in [0.1, 0.15) is 5.82 Å². The van der Waals surface area contributed by atoms with Crippen molar-refractivity contribution in [3.8, 4) is 0 Å². The van der Waals surface area contributed by atoms with Crippen molar-refractivity contribution in [3.63, 3.8) is 0 Å². The Labute approximate surface area is 109 Å². The molecule has 2 rings (SSSR count). The quantitative estimate of drug-likeness (QED) is 0.541. The molecular formula is C10H14ClFNO4P. The monoisotopic (exact) mass is 297 g/mol. The largest absolute Gasteiger partial charge is 0.466 e. The summed E-state index contributed by atoms with van der Waals surface area (Å²) in [7, 11) is -4.64. The van der Waals surface area contributed by atoms with Crippen LogP contribution < -0.4 is 5.73 Å². The molecule has 0 heterocycles. The van der Waals surface area contributed by atoms with Gasteiger partial charge in [0.05, 0.1) is 0 Å². The number of fused-ring (bicyclic) bond motifs is 1. The van der Waals surface area contributed by atoms with E-state index in [4.69, 9.17) is 36.6 Å². The number of rotatable bonds is 0. The van der Waals surface area contributed by atoms with Crippen molar-refractivity contribution in [2.24, 2.45) is 5.73 Å². The number of hydrogen-bond donors (Lipinski definition) is 4. The Kier molecular flexibility index (Phi) is 5.28. The first-order valence-electron chi connectivity index (χ1n) is 5.17. The summed E-state index contributed by atoms with van der Waals surface area (Å²) in [6, 6.07) is 3.30. The van der Waals surface area contributed by atoms with Crippen LogP contribution in [0.4, 0.5) is 4.39 Å². The lowest BCUT2D eigenvalue weighted by Crippen LogP contribution is -2.28. The summed E-state index contributed by atoms with van der Waals surface area (Å²) >= 11 is 5.75. The predicted octanol–water partition coefficient (Wildman–Crippen LogP) is 1.37. The van der Waals surface area contributed by atoms with E-state index < -0.39 is 7.82 Å². The van der Waals surface area contributed by atoms with Gasteiger partial charge < -0.3 is 20.4 Å². The molecule has 18 heavy (non-hydrogen) atoms. The maximum atomic E-state index is 13.4. The third-order valence-electron chi connectivity index (χ3n) is 2.50. The minimum Gasteiger partial charge on any atom is -0.327 e. The molecule has 0 saturated heterocycles. The second-order valence-corrected chi connectivity index (χ2v) is 5.50. The Bertz CT molecular complexity index is 471. The topological polar surface area (TPSA) is 104 Å². The van der Waals surface area contributed by atoms with Crippen molar-refractivity contribution in [2.45, 2.75) is 25.3 Å². The minimum atomic E-state index is -4.64. The maximum Gasteiger partial charge on any atom is 0.466 e. The molecule has 5 nitrogen and oxygen atoms in total. The molecule has 0 aromatic heterocycles. The molecule has 1 aromatic rings. The number of halogens is 2.